The minimum atomic E-state index is -4.55. The summed E-state index contributed by atoms with van der Waals surface area (Å²) in [4.78, 5) is 185. The molecule has 6 heterocycles. The normalized spacial score (nSPS) is 17.7. The van der Waals surface area contributed by atoms with Gasteiger partial charge in [0.05, 0.1) is 67.7 Å². The van der Waals surface area contributed by atoms with Crippen molar-refractivity contribution >= 4 is 109 Å². The van der Waals surface area contributed by atoms with Crippen LogP contribution in [0, 0.1) is 13.8 Å². The third-order valence-electron chi connectivity index (χ3n) is 17.8. The quantitative estimate of drug-likeness (QED) is 0.00810. The van der Waals surface area contributed by atoms with Crippen LogP contribution in [-0.4, -0.2) is 214 Å². The second-order valence-corrected chi connectivity index (χ2v) is 26.4. The summed E-state index contributed by atoms with van der Waals surface area (Å²) in [5.41, 5.74) is 26.2. The van der Waals surface area contributed by atoms with Crippen LogP contribution in [0.5, 0.6) is 0 Å². The molecule has 0 unspecified atom stereocenters. The first-order chi connectivity index (χ1) is 47.2. The van der Waals surface area contributed by atoms with E-state index in [1.807, 2.05) is 19.9 Å². The number of ether oxygens (including phenoxy) is 1. The van der Waals surface area contributed by atoms with E-state index in [1.165, 1.54) is 6.92 Å². The molecule has 546 valence electrons. The van der Waals surface area contributed by atoms with E-state index in [0.29, 0.717) is 63.2 Å². The minimum absolute atomic E-state index is 0.00189. The maximum atomic E-state index is 14.7. The van der Waals surface area contributed by atoms with Crippen LogP contribution in [0.15, 0.2) is 23.2 Å². The van der Waals surface area contributed by atoms with Gasteiger partial charge >= 0.3 is 11.9 Å². The zero-order valence-electron chi connectivity index (χ0n) is 56.8. The number of carboxylic acid groups (broad SMARTS) is 1. The highest BCUT2D eigenvalue weighted by atomic mass is 32.2. The number of aromatic nitrogens is 4. The molecule has 1 fully saturated rings. The second kappa shape index (κ2) is 35.8. The molecule has 1 saturated heterocycles. The number of carboxylic acids is 1. The first kappa shape index (κ1) is 79.2. The molecule has 36 heteroatoms. The number of guanidine groups is 1. The van der Waals surface area contributed by atoms with Gasteiger partial charge in [-0.1, -0.05) is 20.8 Å². The number of aliphatic hydroxyl groups is 1. The van der Waals surface area contributed by atoms with Crippen molar-refractivity contribution in [3.05, 3.63) is 68.8 Å². The van der Waals surface area contributed by atoms with E-state index in [0.717, 1.165) is 12.0 Å². The van der Waals surface area contributed by atoms with Crippen molar-refractivity contribution in [3.63, 3.8) is 0 Å². The second-order valence-electron chi connectivity index (χ2n) is 24.8. The highest BCUT2D eigenvalue weighted by Gasteiger charge is 2.41. The largest absolute Gasteiger partial charge is 0.481 e. The maximum absolute atomic E-state index is 14.7. The van der Waals surface area contributed by atoms with E-state index < -0.39 is 169 Å². The van der Waals surface area contributed by atoms with E-state index in [-0.39, 0.29) is 104 Å². The standard InChI is InChI=1S/C64H91N17O18S/c1-8-35-30(2)40-25-45-54(34(6)83)32(4)42(73-45)23-41-31(3)36(56(76-41)37(22-53(89)99-7)57-55(62(94)69-18-20-100(96,97)98)33(5)43(77-57)24-44(35)72-40)21-49(84)80-59(91)39(13-9-10-16-65)78-61(93)48-15-12-19-81(48)63(95)47(29-82)79-60(92)46(26-52(87)88)75-51(86)28-71-58(90)38(74-50(85)27-66)14-11-17-70-64(67)68/h23-25,30-31,35-36,38-39,46-48,73,77,82H,8-22,26-29,65-66H2,1-7H3,(H,69,94)(H,71,90)(H,74,85)(H,75,86)(H,78,93)(H,79,92)(H,87,88)(H4,67,68,70)(H,80,84,91)(H,96,97,98)/t30-,31+,35-,36+,38+,39+,46+,47+,48+/m1/s1. The Morgan fingerprint density at radius 2 is 1.39 bits per heavy atom. The van der Waals surface area contributed by atoms with E-state index >= 15 is 0 Å². The molecule has 0 aliphatic carbocycles. The number of H-pyrrole nitrogens is 2. The molecule has 100 heavy (non-hydrogen) atoms. The van der Waals surface area contributed by atoms with Crippen LogP contribution in [0.4, 0.5) is 0 Å². The van der Waals surface area contributed by atoms with Gasteiger partial charge in [0.1, 0.15) is 30.2 Å². The highest BCUT2D eigenvalue weighted by molar-refractivity contribution is 7.85. The highest BCUT2D eigenvalue weighted by Crippen LogP contribution is 2.43. The topological polar surface area (TPSA) is 570 Å². The van der Waals surface area contributed by atoms with Crippen LogP contribution in [0.2, 0.25) is 0 Å². The average Bonchev–Trinajstić information content (AvgIpc) is 1.61. The fourth-order valence-electron chi connectivity index (χ4n) is 12.5. The molecule has 3 aliphatic rings. The molecular weight excluding hydrogens is 1330 g/mol. The number of fused-ring (bicyclic) bond motifs is 8. The number of carbonyl (C=O) groups is 12. The van der Waals surface area contributed by atoms with Crippen molar-refractivity contribution < 1.29 is 85.5 Å². The minimum Gasteiger partial charge on any atom is -0.481 e. The molecule has 20 N–H and O–H groups in total. The Morgan fingerprint density at radius 3 is 2.02 bits per heavy atom. The number of ketones is 1. The molecule has 35 nitrogen and oxygen atoms in total. The lowest BCUT2D eigenvalue weighted by atomic mass is 9.85. The van der Waals surface area contributed by atoms with Gasteiger partial charge in [-0.15, -0.1) is 0 Å². The van der Waals surface area contributed by atoms with E-state index in [9.17, 15) is 80.7 Å². The number of hydrogen-bond donors (Lipinski definition) is 16. The Bertz CT molecular complexity index is 3960. The molecule has 0 radical (unpaired) electrons. The summed E-state index contributed by atoms with van der Waals surface area (Å²) in [7, 11) is -3.41. The summed E-state index contributed by atoms with van der Waals surface area (Å²) in [6.07, 6.45) is -0.572. The first-order valence-electron chi connectivity index (χ1n) is 32.7. The lowest BCUT2D eigenvalue weighted by Crippen LogP contribution is -2.59. The number of aliphatic carboxylic acids is 1. The summed E-state index contributed by atoms with van der Waals surface area (Å²) in [5, 5.41) is 36.8. The van der Waals surface area contributed by atoms with Gasteiger partial charge < -0.3 is 84.7 Å². The van der Waals surface area contributed by atoms with Crippen molar-refractivity contribution in [2.24, 2.45) is 27.9 Å². The Hall–Kier alpha value is -9.78. The van der Waals surface area contributed by atoms with E-state index in [1.54, 1.807) is 32.9 Å². The molecule has 9 amide bonds. The molecule has 3 aliphatic heterocycles. The number of aryl methyl sites for hydroxylation is 2. The Morgan fingerprint density at radius 1 is 0.760 bits per heavy atom. The lowest BCUT2D eigenvalue weighted by molar-refractivity contribution is -0.144. The van der Waals surface area contributed by atoms with Gasteiger partial charge in [0.15, 0.2) is 11.7 Å². The number of esters is 1. The maximum Gasteiger partial charge on any atom is 0.310 e. The number of rotatable bonds is 33. The molecule has 6 rings (SSSR count). The molecule has 0 aromatic carbocycles. The molecule has 0 saturated carbocycles. The Labute approximate surface area is 575 Å². The van der Waals surface area contributed by atoms with Crippen molar-refractivity contribution in [1.82, 2.24) is 62.1 Å². The van der Waals surface area contributed by atoms with Gasteiger partial charge in [0.2, 0.25) is 47.3 Å². The Balaban J connectivity index is 1.30. The smallest absolute Gasteiger partial charge is 0.310 e. The summed E-state index contributed by atoms with van der Waals surface area (Å²) in [5.74, 6) is -14.2. The lowest BCUT2D eigenvalue weighted by Gasteiger charge is -2.30. The van der Waals surface area contributed by atoms with Gasteiger partial charge in [-0.2, -0.15) is 8.42 Å². The monoisotopic (exact) mass is 1420 g/mol. The zero-order chi connectivity index (χ0) is 74.0. The number of nitrogens with two attached hydrogens (primary N) is 4. The SMILES string of the molecule is CC[C@H]1c2cc3[nH]c(c(CC(=O)OC)c4nc(cc5[nH]c(cc(n2)[C@@H]1C)c(C(C)=O)c5C)[C@@H](C)[C@@H]4CC(=O)NC(=O)[C@H](CCCCN)NC(=O)[C@@H]1CCCN1C(=O)[C@H](CO)NC(=O)[C@H](CC(=O)O)NC(=O)CNC(=O)[C@H](CCCN=C(N)N)NC(=O)CN)c(C(=O)NCCS(=O)(=O)O)c3C. The molecular formula is C64H91N17O18S. The number of unbranched alkanes of at least 4 members (excludes halogenated alkanes) is 1. The predicted octanol–water partition coefficient (Wildman–Crippen LogP) is -1.66. The van der Waals surface area contributed by atoms with Crippen LogP contribution >= 0.6 is 0 Å². The number of aliphatic imine (C=N–C) groups is 1. The van der Waals surface area contributed by atoms with Crippen molar-refractivity contribution in [2.75, 3.05) is 58.7 Å². The summed E-state index contributed by atoms with van der Waals surface area (Å²) in [6.45, 7) is 7.80. The fraction of sp³-hybridized carbons (Fsp3) is 0.547. The average molecular weight is 1420 g/mol. The van der Waals surface area contributed by atoms with Crippen LogP contribution < -0.4 is 60.2 Å². The molecule has 0 spiro atoms. The summed E-state index contributed by atoms with van der Waals surface area (Å²) in [6, 6.07) is -2.46. The number of methoxy groups -OCH3 is 1. The first-order valence-corrected chi connectivity index (χ1v) is 34.3. The summed E-state index contributed by atoms with van der Waals surface area (Å²) >= 11 is 0. The number of aliphatic hydroxyl groups excluding tert-OH is 1. The number of amides is 9. The van der Waals surface area contributed by atoms with Gasteiger partial charge in [-0.25, -0.2) is 0 Å². The number of carbonyl (C=O) groups excluding carboxylic acids is 11. The fourth-order valence-corrected chi connectivity index (χ4v) is 12.9. The number of imide groups is 1. The molecule has 3 aromatic rings. The van der Waals surface area contributed by atoms with Crippen molar-refractivity contribution in [3.8, 4) is 0 Å². The van der Waals surface area contributed by atoms with Crippen molar-refractivity contribution in [2.45, 2.75) is 166 Å². The van der Waals surface area contributed by atoms with Gasteiger partial charge in [0, 0.05) is 89.0 Å². The van der Waals surface area contributed by atoms with Crippen LogP contribution in [0.1, 0.15) is 176 Å². The third kappa shape index (κ3) is 20.7. The summed E-state index contributed by atoms with van der Waals surface area (Å²) < 4.78 is 38.5. The number of hydrogen-bond acceptors (Lipinski definition) is 21. The number of aromatic amines is 2. The number of nitrogens with one attached hydrogen (secondary N) is 9. The Kier molecular flexibility index (Phi) is 28.4. The third-order valence-corrected chi connectivity index (χ3v) is 18.5. The zero-order valence-corrected chi connectivity index (χ0v) is 57.7. The molecule has 9 atom stereocenters. The van der Waals surface area contributed by atoms with Crippen LogP contribution in [0.25, 0.3) is 22.1 Å². The van der Waals surface area contributed by atoms with Gasteiger partial charge in [-0.3, -0.25) is 82.4 Å². The predicted molar refractivity (Wildman–Crippen MR) is 362 cm³/mol. The van der Waals surface area contributed by atoms with Gasteiger partial charge in [-0.05, 0) is 108 Å². The molecule has 3 aromatic heterocycles. The van der Waals surface area contributed by atoms with Crippen LogP contribution in [-0.2, 0) is 69.2 Å². The van der Waals surface area contributed by atoms with E-state index in [4.69, 9.17) is 37.6 Å². The molecule has 8 bridgehead atoms. The van der Waals surface area contributed by atoms with E-state index in [2.05, 4.69) is 52.2 Å². The number of Topliss-reactive ketones (excluding diaryl/α,β-unsaturated/α-hetero) is 1. The van der Waals surface area contributed by atoms with Crippen molar-refractivity contribution in [1.29, 1.82) is 0 Å². The van der Waals surface area contributed by atoms with Gasteiger partial charge in [0.25, 0.3) is 16.0 Å². The number of likely N-dealkylation sites (tertiary alicyclic amines) is 1. The van der Waals surface area contributed by atoms with Crippen LogP contribution in [0.3, 0.4) is 0 Å². The number of nitrogens with zero attached hydrogens (tertiary/aromatic N) is 4.